The van der Waals surface area contributed by atoms with Gasteiger partial charge in [-0.05, 0) is 30.2 Å². The lowest BCUT2D eigenvalue weighted by Crippen LogP contribution is -2.05. The number of rotatable bonds is 5. The Morgan fingerprint density at radius 1 is 1.15 bits per heavy atom. The molecule has 0 fully saturated rings. The van der Waals surface area contributed by atoms with E-state index < -0.39 is 11.6 Å². The quantitative estimate of drug-likeness (QED) is 0.917. The maximum Gasteiger partial charge on any atom is 0.322 e. The van der Waals surface area contributed by atoms with Gasteiger partial charge in [-0.15, -0.1) is 0 Å². The van der Waals surface area contributed by atoms with Gasteiger partial charge in [0.25, 0.3) is 0 Å². The first kappa shape index (κ1) is 14.4. The zero-order valence-electron chi connectivity index (χ0n) is 10.5. The zero-order valence-corrected chi connectivity index (χ0v) is 11.3. The van der Waals surface area contributed by atoms with Gasteiger partial charge in [-0.25, -0.2) is 8.78 Å². The molecular weight excluding hydrogens is 290 g/mol. The van der Waals surface area contributed by atoms with Crippen LogP contribution in [0, 0.1) is 11.6 Å². The maximum atomic E-state index is 13.1. The molecule has 0 aliphatic rings. The van der Waals surface area contributed by atoms with Crippen LogP contribution in [0.25, 0.3) is 0 Å². The van der Waals surface area contributed by atoms with Crippen molar-refractivity contribution in [3.05, 3.63) is 35.1 Å². The molecule has 0 saturated heterocycles. The van der Waals surface area contributed by atoms with Gasteiger partial charge in [-0.3, -0.25) is 0 Å². The Bertz CT molecular complexity index is 592. The summed E-state index contributed by atoms with van der Waals surface area (Å²) >= 11 is 5.73. The third-order valence-corrected chi connectivity index (χ3v) is 2.31. The predicted molar refractivity (Wildman–Crippen MR) is 70.3 cm³/mol. The van der Waals surface area contributed by atoms with E-state index >= 15 is 0 Å². The van der Waals surface area contributed by atoms with E-state index in [0.717, 1.165) is 24.6 Å². The van der Waals surface area contributed by atoms with Gasteiger partial charge >= 0.3 is 6.01 Å². The molecular formula is C12H11ClF2N4O. The molecule has 0 spiro atoms. The molecule has 0 aliphatic heterocycles. The first-order chi connectivity index (χ1) is 9.56. The highest BCUT2D eigenvalue weighted by Crippen LogP contribution is 2.19. The van der Waals surface area contributed by atoms with Crippen LogP contribution in [0.5, 0.6) is 6.01 Å². The van der Waals surface area contributed by atoms with Gasteiger partial charge in [0.15, 0.2) is 0 Å². The molecule has 5 nitrogen and oxygen atoms in total. The molecule has 0 amide bonds. The fraction of sp³-hybridized carbons (Fsp3) is 0.250. The summed E-state index contributed by atoms with van der Waals surface area (Å²) in [5, 5.41) is 2.56. The minimum Gasteiger partial charge on any atom is -0.463 e. The fourth-order valence-electron chi connectivity index (χ4n) is 1.40. The van der Waals surface area contributed by atoms with Crippen molar-refractivity contribution >= 4 is 23.2 Å². The monoisotopic (exact) mass is 300 g/mol. The second-order valence-electron chi connectivity index (χ2n) is 3.84. The van der Waals surface area contributed by atoms with Gasteiger partial charge in [0.2, 0.25) is 11.2 Å². The van der Waals surface area contributed by atoms with Crippen LogP contribution in [0.15, 0.2) is 18.2 Å². The van der Waals surface area contributed by atoms with Crippen molar-refractivity contribution in [3.63, 3.8) is 0 Å². The van der Waals surface area contributed by atoms with Crippen molar-refractivity contribution in [2.45, 2.75) is 13.3 Å². The number of halogens is 3. The Labute approximate surface area is 119 Å². The normalized spacial score (nSPS) is 10.4. The highest BCUT2D eigenvalue weighted by Gasteiger charge is 2.08. The summed E-state index contributed by atoms with van der Waals surface area (Å²) < 4.78 is 31.4. The lowest BCUT2D eigenvalue weighted by molar-refractivity contribution is 0.292. The molecule has 0 atom stereocenters. The van der Waals surface area contributed by atoms with Crippen LogP contribution in [-0.2, 0) is 0 Å². The second kappa shape index (κ2) is 6.42. The number of nitrogens with one attached hydrogen (secondary N) is 1. The topological polar surface area (TPSA) is 59.9 Å². The van der Waals surface area contributed by atoms with Gasteiger partial charge in [0.1, 0.15) is 11.6 Å². The van der Waals surface area contributed by atoms with E-state index in [9.17, 15) is 8.78 Å². The van der Waals surface area contributed by atoms with Crippen LogP contribution in [0.1, 0.15) is 13.3 Å². The maximum absolute atomic E-state index is 13.1. The molecule has 0 unspecified atom stereocenters. The van der Waals surface area contributed by atoms with Crippen molar-refractivity contribution in [2.24, 2.45) is 0 Å². The predicted octanol–water partition coefficient (Wildman–Crippen LogP) is 3.34. The summed E-state index contributed by atoms with van der Waals surface area (Å²) in [6.07, 6.45) is 0.779. The molecule has 106 valence electrons. The van der Waals surface area contributed by atoms with E-state index in [0.29, 0.717) is 6.61 Å². The molecule has 0 aliphatic carbocycles. The third-order valence-electron chi connectivity index (χ3n) is 2.14. The van der Waals surface area contributed by atoms with Crippen molar-refractivity contribution in [2.75, 3.05) is 11.9 Å². The molecule has 1 aromatic carbocycles. The molecule has 0 bridgehead atoms. The van der Waals surface area contributed by atoms with E-state index in [2.05, 4.69) is 20.3 Å². The zero-order chi connectivity index (χ0) is 14.5. The van der Waals surface area contributed by atoms with Crippen LogP contribution < -0.4 is 10.1 Å². The van der Waals surface area contributed by atoms with Gasteiger partial charge in [0, 0.05) is 11.8 Å². The van der Waals surface area contributed by atoms with Crippen molar-refractivity contribution < 1.29 is 13.5 Å². The number of aromatic nitrogens is 3. The summed E-state index contributed by atoms with van der Waals surface area (Å²) in [6.45, 7) is 2.35. The van der Waals surface area contributed by atoms with E-state index in [1.54, 1.807) is 0 Å². The second-order valence-corrected chi connectivity index (χ2v) is 4.18. The van der Waals surface area contributed by atoms with E-state index in [1.807, 2.05) is 6.92 Å². The standard InChI is InChI=1S/C12H11ClF2N4O/c1-2-3-20-12-18-10(13)17-11(19-12)16-9-5-7(14)4-8(15)6-9/h4-6H,2-3H2,1H3,(H,16,17,18,19). The van der Waals surface area contributed by atoms with Crippen LogP contribution in [-0.4, -0.2) is 21.6 Å². The summed E-state index contributed by atoms with van der Waals surface area (Å²) in [5.41, 5.74) is 0.159. The number of hydrogen-bond acceptors (Lipinski definition) is 5. The van der Waals surface area contributed by atoms with Crippen LogP contribution >= 0.6 is 11.6 Å². The van der Waals surface area contributed by atoms with Crippen LogP contribution in [0.4, 0.5) is 20.4 Å². The number of benzene rings is 1. The largest absolute Gasteiger partial charge is 0.463 e. The van der Waals surface area contributed by atoms with E-state index in [-0.39, 0.29) is 22.9 Å². The highest BCUT2D eigenvalue weighted by molar-refractivity contribution is 6.28. The summed E-state index contributed by atoms with van der Waals surface area (Å²) in [5.74, 6) is -1.38. The smallest absolute Gasteiger partial charge is 0.322 e. The number of anilines is 2. The SMILES string of the molecule is CCCOc1nc(Cl)nc(Nc2cc(F)cc(F)c2)n1. The molecule has 1 N–H and O–H groups in total. The Kier molecular flexibility index (Phi) is 4.62. The lowest BCUT2D eigenvalue weighted by atomic mass is 10.3. The average molecular weight is 301 g/mol. The van der Waals surface area contributed by atoms with Gasteiger partial charge < -0.3 is 10.1 Å². The van der Waals surface area contributed by atoms with Crippen LogP contribution in [0.3, 0.4) is 0 Å². The van der Waals surface area contributed by atoms with E-state index in [4.69, 9.17) is 16.3 Å². The Morgan fingerprint density at radius 2 is 1.85 bits per heavy atom. The molecule has 1 aromatic heterocycles. The lowest BCUT2D eigenvalue weighted by Gasteiger charge is -2.07. The number of nitrogens with zero attached hydrogens (tertiary/aromatic N) is 3. The molecule has 8 heteroatoms. The van der Waals surface area contributed by atoms with Crippen molar-refractivity contribution in [1.82, 2.24) is 15.0 Å². The molecule has 0 saturated carbocycles. The molecule has 2 aromatic rings. The number of hydrogen-bond donors (Lipinski definition) is 1. The molecule has 2 rings (SSSR count). The summed E-state index contributed by atoms with van der Waals surface area (Å²) in [7, 11) is 0. The Balaban J connectivity index is 2.21. The van der Waals surface area contributed by atoms with Gasteiger partial charge in [-0.2, -0.15) is 15.0 Å². The first-order valence-electron chi connectivity index (χ1n) is 5.84. The van der Waals surface area contributed by atoms with Crippen LogP contribution in [0.2, 0.25) is 5.28 Å². The summed E-state index contributed by atoms with van der Waals surface area (Å²) in [6, 6.07) is 3.02. The third kappa shape index (κ3) is 3.99. The fourth-order valence-corrected chi connectivity index (χ4v) is 1.55. The molecule has 0 radical (unpaired) electrons. The highest BCUT2D eigenvalue weighted by atomic mass is 35.5. The van der Waals surface area contributed by atoms with Gasteiger partial charge in [-0.1, -0.05) is 6.92 Å². The van der Waals surface area contributed by atoms with Crippen molar-refractivity contribution in [3.8, 4) is 6.01 Å². The first-order valence-corrected chi connectivity index (χ1v) is 6.22. The van der Waals surface area contributed by atoms with Crippen molar-refractivity contribution in [1.29, 1.82) is 0 Å². The van der Waals surface area contributed by atoms with Gasteiger partial charge in [0.05, 0.1) is 6.61 Å². The molecule has 1 heterocycles. The minimum atomic E-state index is -0.713. The Hall–Kier alpha value is -2.02. The van der Waals surface area contributed by atoms with E-state index in [1.165, 1.54) is 0 Å². The summed E-state index contributed by atoms with van der Waals surface area (Å²) in [4.78, 5) is 11.5. The Morgan fingerprint density at radius 3 is 2.50 bits per heavy atom. The number of ether oxygens (including phenoxy) is 1. The molecule has 20 heavy (non-hydrogen) atoms. The minimum absolute atomic E-state index is 0.0427. The average Bonchev–Trinajstić information content (AvgIpc) is 2.34.